The summed E-state index contributed by atoms with van der Waals surface area (Å²) < 4.78 is 5.15. The van der Waals surface area contributed by atoms with Gasteiger partial charge in [0.2, 0.25) is 5.91 Å². The minimum Gasteiger partial charge on any atom is -0.356 e. The zero-order valence-corrected chi connectivity index (χ0v) is 11.6. The van der Waals surface area contributed by atoms with Gasteiger partial charge in [-0.05, 0) is 32.1 Å². The van der Waals surface area contributed by atoms with E-state index in [1.54, 1.807) is 0 Å². The van der Waals surface area contributed by atoms with E-state index in [9.17, 15) is 4.79 Å². The van der Waals surface area contributed by atoms with E-state index in [2.05, 4.69) is 15.8 Å². The van der Waals surface area contributed by atoms with Crippen LogP contribution in [0.15, 0.2) is 28.8 Å². The maximum absolute atomic E-state index is 11.7. The summed E-state index contributed by atoms with van der Waals surface area (Å²) in [5.74, 6) is -0.0230. The Balaban J connectivity index is 0.00000180. The lowest BCUT2D eigenvalue weighted by Crippen LogP contribution is -2.28. The van der Waals surface area contributed by atoms with Crippen molar-refractivity contribution in [2.75, 3.05) is 20.1 Å². The monoisotopic (exact) mass is 283 g/mol. The SMILES string of the molecule is CNCCCNC(=O)Cc1noc2ccccc12.Cl. The van der Waals surface area contributed by atoms with E-state index in [0.29, 0.717) is 12.2 Å². The predicted molar refractivity (Wildman–Crippen MR) is 76.5 cm³/mol. The Kier molecular flexibility index (Phi) is 6.32. The molecule has 1 aromatic heterocycles. The third-order valence-corrected chi connectivity index (χ3v) is 2.71. The van der Waals surface area contributed by atoms with Gasteiger partial charge in [0.05, 0.1) is 6.42 Å². The van der Waals surface area contributed by atoms with Crippen molar-refractivity contribution in [3.63, 3.8) is 0 Å². The molecule has 0 bridgehead atoms. The topological polar surface area (TPSA) is 67.2 Å². The van der Waals surface area contributed by atoms with Crippen LogP contribution in [0.5, 0.6) is 0 Å². The maximum atomic E-state index is 11.7. The van der Waals surface area contributed by atoms with E-state index in [4.69, 9.17) is 4.52 Å². The average molecular weight is 284 g/mol. The second-order valence-corrected chi connectivity index (χ2v) is 4.11. The second kappa shape index (κ2) is 7.76. The highest BCUT2D eigenvalue weighted by atomic mass is 35.5. The lowest BCUT2D eigenvalue weighted by molar-refractivity contribution is -0.120. The Morgan fingerprint density at radius 2 is 2.11 bits per heavy atom. The number of hydrogen-bond acceptors (Lipinski definition) is 4. The smallest absolute Gasteiger partial charge is 0.226 e. The molecule has 0 atom stereocenters. The van der Waals surface area contributed by atoms with Crippen LogP contribution < -0.4 is 10.6 Å². The summed E-state index contributed by atoms with van der Waals surface area (Å²) in [6, 6.07) is 7.55. The van der Waals surface area contributed by atoms with Crippen LogP contribution in [0.4, 0.5) is 0 Å². The largest absolute Gasteiger partial charge is 0.356 e. The Morgan fingerprint density at radius 3 is 2.89 bits per heavy atom. The first kappa shape index (κ1) is 15.5. The lowest BCUT2D eigenvalue weighted by atomic mass is 10.1. The molecule has 2 rings (SSSR count). The summed E-state index contributed by atoms with van der Waals surface area (Å²) in [5, 5.41) is 10.7. The van der Waals surface area contributed by atoms with Gasteiger partial charge in [-0.2, -0.15) is 0 Å². The van der Waals surface area contributed by atoms with Gasteiger partial charge in [-0.3, -0.25) is 4.79 Å². The number of rotatable bonds is 6. The van der Waals surface area contributed by atoms with Crippen LogP contribution in [0.2, 0.25) is 0 Å². The number of carbonyl (C=O) groups excluding carboxylic acids is 1. The molecule has 2 aromatic rings. The molecule has 0 unspecified atom stereocenters. The van der Waals surface area contributed by atoms with Gasteiger partial charge in [-0.1, -0.05) is 17.3 Å². The van der Waals surface area contributed by atoms with Crippen molar-refractivity contribution < 1.29 is 9.32 Å². The zero-order chi connectivity index (χ0) is 12.8. The Hall–Kier alpha value is -1.59. The van der Waals surface area contributed by atoms with E-state index in [-0.39, 0.29) is 24.7 Å². The third-order valence-electron chi connectivity index (χ3n) is 2.71. The molecule has 1 aromatic carbocycles. The summed E-state index contributed by atoms with van der Waals surface area (Å²) in [4.78, 5) is 11.7. The number of benzene rings is 1. The molecule has 1 heterocycles. The molecule has 2 N–H and O–H groups in total. The summed E-state index contributed by atoms with van der Waals surface area (Å²) in [6.45, 7) is 1.57. The van der Waals surface area contributed by atoms with E-state index in [1.165, 1.54) is 0 Å². The minimum absolute atomic E-state index is 0. The first-order valence-electron chi connectivity index (χ1n) is 6.06. The Labute approximate surface area is 118 Å². The summed E-state index contributed by atoms with van der Waals surface area (Å²) in [6.07, 6.45) is 1.18. The predicted octanol–water partition coefficient (Wildman–Crippen LogP) is 1.52. The molecule has 104 valence electrons. The van der Waals surface area contributed by atoms with Crippen molar-refractivity contribution >= 4 is 29.3 Å². The van der Waals surface area contributed by atoms with E-state index in [0.717, 1.165) is 23.9 Å². The first-order chi connectivity index (χ1) is 8.81. The fraction of sp³-hybridized carbons (Fsp3) is 0.385. The number of carbonyl (C=O) groups is 1. The molecule has 19 heavy (non-hydrogen) atoms. The maximum Gasteiger partial charge on any atom is 0.226 e. The molecule has 1 amide bonds. The third kappa shape index (κ3) is 4.22. The second-order valence-electron chi connectivity index (χ2n) is 4.11. The Bertz CT molecular complexity index is 527. The van der Waals surface area contributed by atoms with Crippen molar-refractivity contribution in [2.45, 2.75) is 12.8 Å². The number of nitrogens with zero attached hydrogens (tertiary/aromatic N) is 1. The van der Waals surface area contributed by atoms with E-state index < -0.39 is 0 Å². The molecule has 5 nitrogen and oxygen atoms in total. The standard InChI is InChI=1S/C13H17N3O2.ClH/c1-14-7-4-8-15-13(17)9-11-10-5-2-3-6-12(10)18-16-11;/h2-3,5-6,14H,4,7-9H2,1H3,(H,15,17);1H. The van der Waals surface area contributed by atoms with Crippen molar-refractivity contribution in [1.29, 1.82) is 0 Å². The average Bonchev–Trinajstić information content (AvgIpc) is 2.78. The molecule has 0 saturated carbocycles. The van der Waals surface area contributed by atoms with Crippen LogP contribution in [0.3, 0.4) is 0 Å². The number of fused-ring (bicyclic) bond motifs is 1. The molecule has 0 aliphatic rings. The van der Waals surface area contributed by atoms with Gasteiger partial charge in [0.15, 0.2) is 5.58 Å². The van der Waals surface area contributed by atoms with Crippen LogP contribution >= 0.6 is 12.4 Å². The number of hydrogen-bond donors (Lipinski definition) is 2. The van der Waals surface area contributed by atoms with Gasteiger partial charge in [-0.15, -0.1) is 12.4 Å². The van der Waals surface area contributed by atoms with Crippen LogP contribution in [-0.2, 0) is 11.2 Å². The fourth-order valence-corrected chi connectivity index (χ4v) is 1.77. The zero-order valence-electron chi connectivity index (χ0n) is 10.8. The van der Waals surface area contributed by atoms with Crippen LogP contribution in [0.25, 0.3) is 11.0 Å². The van der Waals surface area contributed by atoms with Gasteiger partial charge in [-0.25, -0.2) is 0 Å². The number of amides is 1. The van der Waals surface area contributed by atoms with Crippen LogP contribution in [0, 0.1) is 0 Å². The molecular formula is C13H18ClN3O2. The van der Waals surface area contributed by atoms with E-state index >= 15 is 0 Å². The lowest BCUT2D eigenvalue weighted by Gasteiger charge is -2.03. The fourth-order valence-electron chi connectivity index (χ4n) is 1.77. The highest BCUT2D eigenvalue weighted by Crippen LogP contribution is 2.17. The van der Waals surface area contributed by atoms with Gasteiger partial charge < -0.3 is 15.2 Å². The number of aromatic nitrogens is 1. The highest BCUT2D eigenvalue weighted by Gasteiger charge is 2.11. The molecular weight excluding hydrogens is 266 g/mol. The van der Waals surface area contributed by atoms with E-state index in [1.807, 2.05) is 31.3 Å². The van der Waals surface area contributed by atoms with Crippen LogP contribution in [-0.4, -0.2) is 31.2 Å². The normalized spacial score (nSPS) is 10.2. The molecule has 0 aliphatic heterocycles. The molecule has 0 spiro atoms. The Morgan fingerprint density at radius 1 is 1.32 bits per heavy atom. The number of nitrogens with one attached hydrogen (secondary N) is 2. The van der Waals surface area contributed by atoms with Crippen LogP contribution in [0.1, 0.15) is 12.1 Å². The van der Waals surface area contributed by atoms with Gasteiger partial charge in [0, 0.05) is 11.9 Å². The number of halogens is 1. The molecule has 0 saturated heterocycles. The quantitative estimate of drug-likeness (QED) is 0.789. The molecule has 0 fully saturated rings. The van der Waals surface area contributed by atoms with Gasteiger partial charge in [0.25, 0.3) is 0 Å². The summed E-state index contributed by atoms with van der Waals surface area (Å²) >= 11 is 0. The van der Waals surface area contributed by atoms with Crippen molar-refractivity contribution in [3.05, 3.63) is 30.0 Å². The van der Waals surface area contributed by atoms with Gasteiger partial charge >= 0.3 is 0 Å². The highest BCUT2D eigenvalue weighted by molar-refractivity contribution is 5.86. The molecule has 0 radical (unpaired) electrons. The summed E-state index contributed by atoms with van der Waals surface area (Å²) in [7, 11) is 1.89. The van der Waals surface area contributed by atoms with Gasteiger partial charge in [0.1, 0.15) is 5.69 Å². The minimum atomic E-state index is -0.0230. The van der Waals surface area contributed by atoms with Crippen molar-refractivity contribution in [2.24, 2.45) is 0 Å². The molecule has 0 aliphatic carbocycles. The first-order valence-corrected chi connectivity index (χ1v) is 6.06. The number of para-hydroxylation sites is 1. The summed E-state index contributed by atoms with van der Waals surface area (Å²) in [5.41, 5.74) is 1.41. The van der Waals surface area contributed by atoms with Crippen molar-refractivity contribution in [1.82, 2.24) is 15.8 Å². The van der Waals surface area contributed by atoms with Crippen molar-refractivity contribution in [3.8, 4) is 0 Å². The molecule has 6 heteroatoms.